The smallest absolute Gasteiger partial charge is 0.233 e. The van der Waals surface area contributed by atoms with E-state index in [9.17, 15) is 0 Å². The summed E-state index contributed by atoms with van der Waals surface area (Å²) in [5, 5.41) is 3.67. The maximum absolute atomic E-state index is 6.26. The standard InChI is InChI=1S/C16H26ClN3O2/c1-6-8-21-10-11(3)22-16-14(17)9-15(12(4)19-16)20-13(5)18-7-2/h9,11H,6-8,10H2,1-5H3,(H,18,20). The Morgan fingerprint density at radius 2 is 2.18 bits per heavy atom. The van der Waals surface area contributed by atoms with E-state index in [1.165, 1.54) is 0 Å². The van der Waals surface area contributed by atoms with Crippen LogP contribution in [-0.2, 0) is 4.74 Å². The van der Waals surface area contributed by atoms with Gasteiger partial charge in [0.05, 0.1) is 23.8 Å². The van der Waals surface area contributed by atoms with Gasteiger partial charge in [-0.3, -0.25) is 4.99 Å². The molecule has 0 saturated carbocycles. The maximum atomic E-state index is 6.26. The molecule has 1 atom stereocenters. The number of halogens is 1. The van der Waals surface area contributed by atoms with Crippen LogP contribution < -0.4 is 10.1 Å². The Hall–Kier alpha value is -1.33. The van der Waals surface area contributed by atoms with E-state index < -0.39 is 0 Å². The van der Waals surface area contributed by atoms with Gasteiger partial charge in [-0.25, -0.2) is 4.98 Å². The fraction of sp³-hybridized carbons (Fsp3) is 0.625. The Balaban J connectivity index is 2.74. The molecule has 22 heavy (non-hydrogen) atoms. The number of aromatic nitrogens is 1. The zero-order chi connectivity index (χ0) is 16.5. The summed E-state index contributed by atoms with van der Waals surface area (Å²) in [6.45, 7) is 11.8. The predicted molar refractivity (Wildman–Crippen MR) is 92.5 cm³/mol. The Kier molecular flexibility index (Phi) is 8.20. The second-order valence-electron chi connectivity index (χ2n) is 5.10. The monoisotopic (exact) mass is 327 g/mol. The number of pyridine rings is 1. The molecule has 0 aliphatic heterocycles. The van der Waals surface area contributed by atoms with Gasteiger partial charge in [0.25, 0.3) is 0 Å². The molecular formula is C16H26ClN3O2. The van der Waals surface area contributed by atoms with Crippen LogP contribution in [-0.4, -0.2) is 36.7 Å². The summed E-state index contributed by atoms with van der Waals surface area (Å²) < 4.78 is 11.2. The van der Waals surface area contributed by atoms with E-state index in [4.69, 9.17) is 21.1 Å². The highest BCUT2D eigenvalue weighted by Crippen LogP contribution is 2.28. The first kappa shape index (κ1) is 18.7. The quantitative estimate of drug-likeness (QED) is 0.444. The number of amidine groups is 1. The predicted octanol–water partition coefficient (Wildman–Crippen LogP) is 4.09. The molecule has 1 rings (SSSR count). The van der Waals surface area contributed by atoms with E-state index in [1.54, 1.807) is 0 Å². The summed E-state index contributed by atoms with van der Waals surface area (Å²) in [5.41, 5.74) is 1.65. The Morgan fingerprint density at radius 3 is 2.82 bits per heavy atom. The molecular weight excluding hydrogens is 302 g/mol. The highest BCUT2D eigenvalue weighted by molar-refractivity contribution is 6.32. The van der Waals surface area contributed by atoms with E-state index in [2.05, 4.69) is 22.2 Å². The molecule has 6 heteroatoms. The highest BCUT2D eigenvalue weighted by atomic mass is 35.5. The minimum Gasteiger partial charge on any atom is -0.471 e. The summed E-state index contributed by atoms with van der Waals surface area (Å²) in [6.07, 6.45) is 0.891. The molecule has 0 aliphatic carbocycles. The molecule has 124 valence electrons. The number of hydrogen-bond acceptors (Lipinski definition) is 4. The van der Waals surface area contributed by atoms with Crippen molar-refractivity contribution in [2.45, 2.75) is 47.1 Å². The van der Waals surface area contributed by atoms with Gasteiger partial charge in [-0.05, 0) is 40.2 Å². The molecule has 0 radical (unpaired) electrons. The van der Waals surface area contributed by atoms with Crippen molar-refractivity contribution in [2.24, 2.45) is 4.99 Å². The molecule has 0 spiro atoms. The maximum Gasteiger partial charge on any atom is 0.233 e. The zero-order valence-corrected chi connectivity index (χ0v) is 14.8. The topological polar surface area (TPSA) is 55.7 Å². The van der Waals surface area contributed by atoms with Gasteiger partial charge in [-0.2, -0.15) is 0 Å². The third-order valence-corrected chi connectivity index (χ3v) is 3.13. The molecule has 5 nitrogen and oxygen atoms in total. The molecule has 0 saturated heterocycles. The fourth-order valence-electron chi connectivity index (χ4n) is 1.86. The number of aliphatic imine (C=N–C) groups is 1. The molecule has 1 aromatic rings. The molecule has 0 aromatic carbocycles. The van der Waals surface area contributed by atoms with Crippen molar-refractivity contribution < 1.29 is 9.47 Å². The Morgan fingerprint density at radius 1 is 1.45 bits per heavy atom. The molecule has 0 amide bonds. The highest BCUT2D eigenvalue weighted by Gasteiger charge is 2.13. The lowest BCUT2D eigenvalue weighted by Crippen LogP contribution is -2.20. The summed E-state index contributed by atoms with van der Waals surface area (Å²) in [4.78, 5) is 8.72. The van der Waals surface area contributed by atoms with Gasteiger partial charge >= 0.3 is 0 Å². The largest absolute Gasteiger partial charge is 0.471 e. The number of ether oxygens (including phenoxy) is 2. The van der Waals surface area contributed by atoms with Crippen molar-refractivity contribution >= 4 is 23.1 Å². The van der Waals surface area contributed by atoms with Gasteiger partial charge in [0, 0.05) is 13.2 Å². The number of rotatable bonds is 8. The molecule has 0 fully saturated rings. The lowest BCUT2D eigenvalue weighted by molar-refractivity contribution is 0.0568. The number of hydrogen-bond donors (Lipinski definition) is 1. The first-order chi connectivity index (χ1) is 10.5. The van der Waals surface area contributed by atoms with Gasteiger partial charge in [-0.15, -0.1) is 0 Å². The minimum absolute atomic E-state index is 0.0989. The van der Waals surface area contributed by atoms with Crippen LogP contribution in [0.5, 0.6) is 5.88 Å². The van der Waals surface area contributed by atoms with E-state index in [1.807, 2.05) is 33.8 Å². The van der Waals surface area contributed by atoms with Crippen molar-refractivity contribution in [2.75, 3.05) is 25.1 Å². The van der Waals surface area contributed by atoms with Crippen molar-refractivity contribution in [1.29, 1.82) is 0 Å². The second-order valence-corrected chi connectivity index (χ2v) is 5.50. The van der Waals surface area contributed by atoms with Crippen LogP contribution in [0.2, 0.25) is 5.02 Å². The van der Waals surface area contributed by atoms with Gasteiger partial charge in [0.1, 0.15) is 11.1 Å². The number of aryl methyl sites for hydroxylation is 1. The first-order valence-corrected chi connectivity index (χ1v) is 8.05. The third kappa shape index (κ3) is 6.20. The van der Waals surface area contributed by atoms with Crippen LogP contribution in [0.3, 0.4) is 0 Å². The van der Waals surface area contributed by atoms with Crippen LogP contribution in [0.1, 0.15) is 39.8 Å². The van der Waals surface area contributed by atoms with Crippen LogP contribution in [0, 0.1) is 6.92 Å². The molecule has 1 N–H and O–H groups in total. The zero-order valence-electron chi connectivity index (χ0n) is 14.1. The van der Waals surface area contributed by atoms with Gasteiger partial charge < -0.3 is 14.8 Å². The average molecular weight is 328 g/mol. The Bertz CT molecular complexity index is 506. The number of anilines is 1. The Labute approximate surface area is 138 Å². The molecule has 0 aliphatic rings. The molecule has 1 aromatic heterocycles. The lowest BCUT2D eigenvalue weighted by Gasteiger charge is -2.17. The summed E-state index contributed by atoms with van der Waals surface area (Å²) >= 11 is 6.26. The number of nitrogens with zero attached hydrogens (tertiary/aromatic N) is 2. The van der Waals surface area contributed by atoms with E-state index in [0.717, 1.165) is 36.8 Å². The number of nitrogens with one attached hydrogen (secondary N) is 1. The minimum atomic E-state index is -0.0989. The molecule has 0 bridgehead atoms. The SMILES string of the molecule is CCCOCC(C)Oc1nc(C)c(NC(C)=NCC)cc1Cl. The van der Waals surface area contributed by atoms with Gasteiger partial charge in [0.2, 0.25) is 5.88 Å². The summed E-state index contributed by atoms with van der Waals surface area (Å²) in [7, 11) is 0. The van der Waals surface area contributed by atoms with Crippen molar-refractivity contribution in [3.05, 3.63) is 16.8 Å². The summed E-state index contributed by atoms with van der Waals surface area (Å²) in [5.74, 6) is 1.26. The normalized spacial score (nSPS) is 13.1. The van der Waals surface area contributed by atoms with E-state index >= 15 is 0 Å². The molecule has 1 unspecified atom stereocenters. The van der Waals surface area contributed by atoms with Crippen molar-refractivity contribution in [1.82, 2.24) is 4.98 Å². The van der Waals surface area contributed by atoms with Crippen LogP contribution in [0.4, 0.5) is 5.69 Å². The fourth-order valence-corrected chi connectivity index (χ4v) is 2.05. The molecule has 1 heterocycles. The van der Waals surface area contributed by atoms with E-state index in [-0.39, 0.29) is 6.10 Å². The average Bonchev–Trinajstić information content (AvgIpc) is 2.45. The lowest BCUT2D eigenvalue weighted by atomic mass is 10.3. The van der Waals surface area contributed by atoms with E-state index in [0.29, 0.717) is 17.5 Å². The van der Waals surface area contributed by atoms with Crippen LogP contribution >= 0.6 is 11.6 Å². The first-order valence-electron chi connectivity index (χ1n) is 7.67. The second kappa shape index (κ2) is 9.64. The summed E-state index contributed by atoms with van der Waals surface area (Å²) in [6, 6.07) is 1.81. The van der Waals surface area contributed by atoms with Crippen LogP contribution in [0.15, 0.2) is 11.1 Å². The van der Waals surface area contributed by atoms with Crippen LogP contribution in [0.25, 0.3) is 0 Å². The van der Waals surface area contributed by atoms with Gasteiger partial charge in [0.15, 0.2) is 0 Å². The van der Waals surface area contributed by atoms with Gasteiger partial charge in [-0.1, -0.05) is 18.5 Å². The third-order valence-electron chi connectivity index (χ3n) is 2.86. The van der Waals surface area contributed by atoms with Crippen molar-refractivity contribution in [3.8, 4) is 5.88 Å². The van der Waals surface area contributed by atoms with Crippen molar-refractivity contribution in [3.63, 3.8) is 0 Å².